The minimum atomic E-state index is -0.262. The smallest absolute Gasteiger partial charge is 0.123 e. The maximum atomic E-state index is 13.0. The van der Waals surface area contributed by atoms with E-state index in [2.05, 4.69) is 28.6 Å². The number of para-hydroxylation sites is 2. The van der Waals surface area contributed by atoms with Gasteiger partial charge >= 0.3 is 0 Å². The van der Waals surface area contributed by atoms with E-state index in [0.29, 0.717) is 22.5 Å². The molecule has 14 heteroatoms. The highest BCUT2D eigenvalue weighted by Gasteiger charge is 2.12. The molecule has 0 aliphatic carbocycles. The third-order valence-electron chi connectivity index (χ3n) is 9.07. The van der Waals surface area contributed by atoms with Crippen molar-refractivity contribution in [3.8, 4) is 23.7 Å². The van der Waals surface area contributed by atoms with Crippen molar-refractivity contribution < 1.29 is 13.5 Å². The van der Waals surface area contributed by atoms with Crippen LogP contribution in [0.15, 0.2) is 146 Å². The third kappa shape index (κ3) is 17.1. The first-order chi connectivity index (χ1) is 30.3. The van der Waals surface area contributed by atoms with Crippen molar-refractivity contribution in [1.82, 2.24) is 4.90 Å². The van der Waals surface area contributed by atoms with E-state index < -0.39 is 0 Å². The van der Waals surface area contributed by atoms with Crippen molar-refractivity contribution in [2.45, 2.75) is 0 Å². The molecule has 324 valence electrons. The molecule has 1 heterocycles. The van der Waals surface area contributed by atoms with E-state index in [4.69, 9.17) is 50.2 Å². The topological polar surface area (TPSA) is 223 Å². The number of hydrazine groups is 2. The Hall–Kier alpha value is -7.72. The fraction of sp³-hybridized carbons (Fsp3) is 0.143. The molecule has 0 saturated carbocycles. The summed E-state index contributed by atoms with van der Waals surface area (Å²) >= 11 is 0. The summed E-state index contributed by atoms with van der Waals surface area (Å²) in [4.78, 5) is 2.34. The van der Waals surface area contributed by atoms with Gasteiger partial charge in [-0.2, -0.15) is 0 Å². The molecule has 1 aliphatic rings. The molecule has 0 aromatic heterocycles. The SMILES string of the molecule is CN(N)c1ccccc1C#Cc1ccc(F)cc1.N=C(N)c1ccc(N)cc1.N=C(N)c1ccc(N)cc1.NN(CCN1CCOCC1)c1ccccc1C#Cc1ccc(F)cc1. The summed E-state index contributed by atoms with van der Waals surface area (Å²) < 4.78 is 31.1. The highest BCUT2D eigenvalue weighted by molar-refractivity contribution is 5.95. The first-order valence-electron chi connectivity index (χ1n) is 19.7. The monoisotopic (exact) mass is 849 g/mol. The van der Waals surface area contributed by atoms with E-state index in [9.17, 15) is 8.78 Å². The van der Waals surface area contributed by atoms with Crippen LogP contribution in [0.3, 0.4) is 0 Å². The standard InChI is InChI=1S/C20H22FN3O.C15H13FN2.2C7H9N3/c21-19-9-6-17(7-10-19)5-8-18-3-1-2-4-20(18)24(22)12-11-23-13-15-25-16-14-23;1-18(17)15-5-3-2-4-13(15)9-6-12-7-10-14(16)11-8-12;2*8-6-3-1-5(2-4-6)7(9)10/h1-4,6-7,9-10H,11-16,22H2;2-5,7-8,10-11H,17H2,1H3;2*1-4H,8H2,(H3,9,10). The fourth-order valence-electron chi connectivity index (χ4n) is 5.58. The van der Waals surface area contributed by atoms with E-state index in [-0.39, 0.29) is 23.3 Å². The van der Waals surface area contributed by atoms with Gasteiger partial charge in [0.15, 0.2) is 0 Å². The Bertz CT molecular complexity index is 2430. The highest BCUT2D eigenvalue weighted by atomic mass is 19.1. The van der Waals surface area contributed by atoms with E-state index >= 15 is 0 Å². The summed E-state index contributed by atoms with van der Waals surface area (Å²) in [7, 11) is 1.76. The van der Waals surface area contributed by atoms with Crippen molar-refractivity contribution in [1.29, 1.82) is 10.8 Å². The van der Waals surface area contributed by atoms with Gasteiger partial charge in [0.2, 0.25) is 0 Å². The zero-order valence-corrected chi connectivity index (χ0v) is 35.1. The number of nitrogens with one attached hydrogen (secondary N) is 2. The first kappa shape index (κ1) is 48.0. The lowest BCUT2D eigenvalue weighted by atomic mass is 10.1. The fourth-order valence-corrected chi connectivity index (χ4v) is 5.58. The van der Waals surface area contributed by atoms with Crippen LogP contribution in [0.2, 0.25) is 0 Å². The lowest BCUT2D eigenvalue weighted by molar-refractivity contribution is 0.0391. The predicted molar refractivity (Wildman–Crippen MR) is 253 cm³/mol. The molecule has 0 spiro atoms. The van der Waals surface area contributed by atoms with Gasteiger partial charge in [0, 0.05) is 78.0 Å². The number of anilines is 4. The second kappa shape index (κ2) is 25.1. The van der Waals surface area contributed by atoms with Gasteiger partial charge in [-0.3, -0.25) is 15.7 Å². The van der Waals surface area contributed by atoms with Crippen LogP contribution >= 0.6 is 0 Å². The van der Waals surface area contributed by atoms with Crippen LogP contribution in [0.1, 0.15) is 33.4 Å². The molecule has 1 fully saturated rings. The van der Waals surface area contributed by atoms with Gasteiger partial charge in [-0.1, -0.05) is 47.9 Å². The lowest BCUT2D eigenvalue weighted by Gasteiger charge is -2.29. The minimum absolute atomic E-state index is 0.0694. The van der Waals surface area contributed by atoms with Crippen LogP contribution in [-0.2, 0) is 4.74 Å². The number of halogens is 2. The van der Waals surface area contributed by atoms with Crippen molar-refractivity contribution in [3.63, 3.8) is 0 Å². The van der Waals surface area contributed by atoms with Gasteiger partial charge in [-0.15, -0.1) is 0 Å². The normalized spacial score (nSPS) is 11.4. The van der Waals surface area contributed by atoms with Gasteiger partial charge in [-0.25, -0.2) is 20.5 Å². The van der Waals surface area contributed by atoms with Crippen LogP contribution < -0.4 is 44.6 Å². The van der Waals surface area contributed by atoms with Crippen LogP contribution in [0.5, 0.6) is 0 Å². The Labute approximate surface area is 368 Å². The molecule has 0 amide bonds. The molecular formula is C49H53F2N11O. The predicted octanol–water partition coefficient (Wildman–Crippen LogP) is 5.88. The van der Waals surface area contributed by atoms with E-state index in [1.54, 1.807) is 84.9 Å². The molecule has 63 heavy (non-hydrogen) atoms. The van der Waals surface area contributed by atoms with E-state index in [1.807, 2.05) is 48.5 Å². The Balaban J connectivity index is 0.000000199. The summed E-state index contributed by atoms with van der Waals surface area (Å²) in [5.41, 5.74) is 29.0. The minimum Gasteiger partial charge on any atom is -0.399 e. The van der Waals surface area contributed by atoms with Crippen molar-refractivity contribution in [2.24, 2.45) is 23.2 Å². The molecule has 0 unspecified atom stereocenters. The van der Waals surface area contributed by atoms with Crippen LogP contribution in [0.4, 0.5) is 31.5 Å². The number of hydrogen-bond donors (Lipinski definition) is 8. The zero-order valence-electron chi connectivity index (χ0n) is 35.1. The maximum absolute atomic E-state index is 13.0. The Morgan fingerprint density at radius 1 is 0.587 bits per heavy atom. The van der Waals surface area contributed by atoms with E-state index in [0.717, 1.165) is 73.0 Å². The number of nitrogen functional groups attached to an aromatic ring is 4. The number of nitrogens with two attached hydrogens (primary N) is 6. The maximum Gasteiger partial charge on any atom is 0.123 e. The molecule has 14 N–H and O–H groups in total. The molecular weight excluding hydrogens is 797 g/mol. The number of rotatable bonds is 7. The van der Waals surface area contributed by atoms with Crippen LogP contribution in [0, 0.1) is 46.1 Å². The quantitative estimate of drug-likeness (QED) is 0.0238. The largest absolute Gasteiger partial charge is 0.399 e. The number of hydrogen-bond acceptors (Lipinski definition) is 10. The molecule has 0 bridgehead atoms. The second-order valence-corrected chi connectivity index (χ2v) is 13.9. The van der Waals surface area contributed by atoms with E-state index in [1.165, 1.54) is 29.3 Å². The van der Waals surface area contributed by atoms with Gasteiger partial charge in [-0.05, 0) is 121 Å². The number of benzene rings is 6. The van der Waals surface area contributed by atoms with Crippen LogP contribution in [-0.4, -0.2) is 63.0 Å². The number of amidine groups is 2. The van der Waals surface area contributed by atoms with Crippen LogP contribution in [0.25, 0.3) is 0 Å². The van der Waals surface area contributed by atoms with Crippen molar-refractivity contribution >= 4 is 34.4 Å². The second-order valence-electron chi connectivity index (χ2n) is 13.9. The van der Waals surface area contributed by atoms with Crippen molar-refractivity contribution in [3.05, 3.63) is 191 Å². The Morgan fingerprint density at radius 2 is 0.984 bits per heavy atom. The summed E-state index contributed by atoms with van der Waals surface area (Å²) in [6.45, 7) is 5.06. The highest BCUT2D eigenvalue weighted by Crippen LogP contribution is 2.18. The number of ether oxygens (including phenoxy) is 1. The van der Waals surface area contributed by atoms with Gasteiger partial charge in [0.05, 0.1) is 24.6 Å². The summed E-state index contributed by atoms with van der Waals surface area (Å²) in [6, 6.07) is 41.4. The van der Waals surface area contributed by atoms with Crippen molar-refractivity contribution in [2.75, 3.05) is 67.9 Å². The number of nitrogens with zero attached hydrogens (tertiary/aromatic N) is 3. The Morgan fingerprint density at radius 3 is 1.40 bits per heavy atom. The van der Waals surface area contributed by atoms with Gasteiger partial charge in [0.25, 0.3) is 0 Å². The molecule has 0 radical (unpaired) electrons. The molecule has 1 saturated heterocycles. The molecule has 12 nitrogen and oxygen atoms in total. The Kier molecular flexibility index (Phi) is 19.1. The summed E-state index contributed by atoms with van der Waals surface area (Å²) in [5.74, 6) is 23.8. The average Bonchev–Trinajstić information content (AvgIpc) is 3.29. The zero-order chi connectivity index (χ0) is 45.6. The summed E-state index contributed by atoms with van der Waals surface area (Å²) in [5, 5.41) is 17.3. The molecule has 6 aromatic rings. The summed E-state index contributed by atoms with van der Waals surface area (Å²) in [6.07, 6.45) is 0. The molecule has 6 aromatic carbocycles. The van der Waals surface area contributed by atoms with Gasteiger partial charge in [0.1, 0.15) is 23.3 Å². The van der Waals surface area contributed by atoms with Gasteiger partial charge < -0.3 is 37.7 Å². The lowest BCUT2D eigenvalue weighted by Crippen LogP contribution is -2.43. The first-order valence-corrected chi connectivity index (χ1v) is 19.7. The molecule has 7 rings (SSSR count). The number of morpholine rings is 1. The average molecular weight is 850 g/mol. The third-order valence-corrected chi connectivity index (χ3v) is 9.07. The molecule has 0 atom stereocenters. The molecule has 1 aliphatic heterocycles.